The number of anilines is 1. The van der Waals surface area contributed by atoms with Crippen molar-refractivity contribution in [3.63, 3.8) is 0 Å². The molecule has 2 atom stereocenters. The molecule has 1 fully saturated rings. The molecule has 2 aromatic rings. The normalized spacial score (nSPS) is 20.3. The van der Waals surface area contributed by atoms with E-state index in [1.165, 1.54) is 4.90 Å². The molecule has 0 radical (unpaired) electrons. The molecule has 176 valence electrons. The van der Waals surface area contributed by atoms with Crippen molar-refractivity contribution in [1.82, 2.24) is 0 Å². The van der Waals surface area contributed by atoms with E-state index in [0.717, 1.165) is 11.8 Å². The zero-order valence-corrected chi connectivity index (χ0v) is 19.9. The molecule has 33 heavy (non-hydrogen) atoms. The van der Waals surface area contributed by atoms with E-state index < -0.39 is 31.8 Å². The molecule has 10 heteroatoms. The third kappa shape index (κ3) is 5.29. The van der Waals surface area contributed by atoms with Crippen LogP contribution in [0.5, 0.6) is 0 Å². The van der Waals surface area contributed by atoms with Crippen LogP contribution in [0.2, 0.25) is 0 Å². The number of thioether (sulfide) groups is 1. The maximum Gasteiger partial charge on any atom is 0.529 e. The summed E-state index contributed by atoms with van der Waals surface area (Å²) in [7, 11) is -4.02. The van der Waals surface area contributed by atoms with E-state index in [4.69, 9.17) is 0 Å². The van der Waals surface area contributed by atoms with Crippen molar-refractivity contribution >= 4 is 44.6 Å². The van der Waals surface area contributed by atoms with E-state index in [2.05, 4.69) is 0 Å². The third-order valence-corrected chi connectivity index (χ3v) is 9.40. The standard InChI is InChI=1S/C23H26N2O6S2/c1-18-9-8-14-25(18,23(28)29)33(30,31)16-15-32-21(26)17-24(20-12-6-3-7-13-20)22(27)19-10-4-2-5-11-19/h2-7,10-13,18H,8-9,14-17H2,1H3/p+1/t18-,25?/m1/s1. The molecular weight excluding hydrogens is 464 g/mol. The Morgan fingerprint density at radius 1 is 1.06 bits per heavy atom. The molecule has 0 aliphatic carbocycles. The van der Waals surface area contributed by atoms with Crippen LogP contribution in [0.3, 0.4) is 0 Å². The summed E-state index contributed by atoms with van der Waals surface area (Å²) < 4.78 is 24.9. The van der Waals surface area contributed by atoms with E-state index in [1.807, 2.05) is 0 Å². The first-order chi connectivity index (χ1) is 15.7. The first kappa shape index (κ1) is 24.9. The summed E-state index contributed by atoms with van der Waals surface area (Å²) in [6, 6.07) is 16.8. The van der Waals surface area contributed by atoms with Gasteiger partial charge >= 0.3 is 16.1 Å². The number of benzene rings is 2. The highest BCUT2D eigenvalue weighted by atomic mass is 32.2. The molecule has 1 N–H and O–H groups in total. The molecule has 1 heterocycles. The predicted molar refractivity (Wildman–Crippen MR) is 128 cm³/mol. The fourth-order valence-electron chi connectivity index (χ4n) is 4.09. The van der Waals surface area contributed by atoms with Gasteiger partial charge in [0, 0.05) is 29.8 Å². The average Bonchev–Trinajstić information content (AvgIpc) is 3.21. The lowest BCUT2D eigenvalue weighted by Crippen LogP contribution is -2.59. The lowest BCUT2D eigenvalue weighted by atomic mass is 10.2. The van der Waals surface area contributed by atoms with Crippen LogP contribution in [-0.2, 0) is 14.8 Å². The number of nitrogens with zero attached hydrogens (tertiary/aromatic N) is 2. The van der Waals surface area contributed by atoms with E-state index in [9.17, 15) is 27.9 Å². The van der Waals surface area contributed by atoms with Gasteiger partial charge in [0.1, 0.15) is 18.3 Å². The Morgan fingerprint density at radius 3 is 2.21 bits per heavy atom. The van der Waals surface area contributed by atoms with E-state index in [0.29, 0.717) is 24.1 Å². The largest absolute Gasteiger partial charge is 0.529 e. The lowest BCUT2D eigenvalue weighted by Gasteiger charge is -2.30. The quantitative estimate of drug-likeness (QED) is 0.562. The van der Waals surface area contributed by atoms with Crippen LogP contribution >= 0.6 is 11.8 Å². The molecule has 0 spiro atoms. The summed E-state index contributed by atoms with van der Waals surface area (Å²) in [4.78, 5) is 39.0. The van der Waals surface area contributed by atoms with Crippen LogP contribution in [0.4, 0.5) is 10.5 Å². The van der Waals surface area contributed by atoms with Gasteiger partial charge in [-0.1, -0.05) is 48.2 Å². The van der Waals surface area contributed by atoms with Crippen LogP contribution in [0.25, 0.3) is 0 Å². The molecule has 1 unspecified atom stereocenters. The Labute approximate surface area is 197 Å². The van der Waals surface area contributed by atoms with Gasteiger partial charge < -0.3 is 10.0 Å². The summed E-state index contributed by atoms with van der Waals surface area (Å²) in [6.45, 7) is 1.42. The number of sulfonamides is 1. The van der Waals surface area contributed by atoms with Gasteiger partial charge in [0.2, 0.25) is 5.12 Å². The summed E-state index contributed by atoms with van der Waals surface area (Å²) in [5.74, 6) is -0.855. The molecule has 3 rings (SSSR count). The SMILES string of the molecule is C[C@@H]1CCC[N+]1(C(=O)O)S(=O)(=O)CCSC(=O)CN(C(=O)c1ccccc1)c1ccccc1. The van der Waals surface area contributed by atoms with Crippen molar-refractivity contribution in [2.75, 3.05) is 29.5 Å². The van der Waals surface area contributed by atoms with Gasteiger partial charge in [-0.3, -0.25) is 9.59 Å². The van der Waals surface area contributed by atoms with Gasteiger partial charge in [0.15, 0.2) is 0 Å². The number of carbonyl (C=O) groups is 3. The second-order valence-corrected chi connectivity index (χ2v) is 11.3. The molecule has 0 saturated carbocycles. The topological polar surface area (TPSA) is 109 Å². The molecule has 8 nitrogen and oxygen atoms in total. The molecule has 1 saturated heterocycles. The molecule has 0 aromatic heterocycles. The Balaban J connectivity index is 1.69. The summed E-state index contributed by atoms with van der Waals surface area (Å²) >= 11 is 0.794. The number of amides is 2. The van der Waals surface area contributed by atoms with Gasteiger partial charge in [-0.15, -0.1) is 3.89 Å². The highest BCUT2D eigenvalue weighted by molar-refractivity contribution is 8.14. The van der Waals surface area contributed by atoms with E-state index >= 15 is 0 Å². The summed E-state index contributed by atoms with van der Waals surface area (Å²) in [5, 5.41) is 9.29. The minimum absolute atomic E-state index is 0.0325. The minimum Gasteiger partial charge on any atom is -0.435 e. The number of hydrogen-bond donors (Lipinski definition) is 1. The van der Waals surface area contributed by atoms with Crippen molar-refractivity contribution in [3.05, 3.63) is 66.2 Å². The first-order valence-corrected chi connectivity index (χ1v) is 13.2. The number of rotatable bonds is 8. The second-order valence-electron chi connectivity index (χ2n) is 7.89. The fourth-order valence-corrected chi connectivity index (χ4v) is 7.34. The molecular formula is C23H27N2O6S2+. The Bertz CT molecular complexity index is 1110. The van der Waals surface area contributed by atoms with Crippen LogP contribution in [0, 0.1) is 0 Å². The highest BCUT2D eigenvalue weighted by Crippen LogP contribution is 2.32. The zero-order chi connectivity index (χ0) is 24.1. The maximum absolute atomic E-state index is 13.0. The average molecular weight is 492 g/mol. The Kier molecular flexibility index (Phi) is 7.93. The van der Waals surface area contributed by atoms with Gasteiger partial charge in [0.25, 0.3) is 5.91 Å². The number of quaternary nitrogens is 1. The minimum atomic E-state index is -4.02. The predicted octanol–water partition coefficient (Wildman–Crippen LogP) is 3.60. The van der Waals surface area contributed by atoms with Crippen molar-refractivity contribution in [2.45, 2.75) is 25.8 Å². The van der Waals surface area contributed by atoms with Crippen LogP contribution < -0.4 is 4.90 Å². The molecule has 1 aliphatic rings. The molecule has 2 amide bonds. The second kappa shape index (κ2) is 10.5. The van der Waals surface area contributed by atoms with Crippen LogP contribution in [-0.4, -0.2) is 65.2 Å². The lowest BCUT2D eigenvalue weighted by molar-refractivity contribution is -0.741. The Hall–Kier alpha value is -2.69. The van der Waals surface area contributed by atoms with Crippen LogP contribution in [0.15, 0.2) is 60.7 Å². The van der Waals surface area contributed by atoms with Gasteiger partial charge in [-0.05, 0) is 31.2 Å². The van der Waals surface area contributed by atoms with Gasteiger partial charge in [0.05, 0.1) is 6.54 Å². The number of carbonyl (C=O) groups excluding carboxylic acids is 2. The summed E-state index contributed by atoms with van der Waals surface area (Å²) in [6.07, 6.45) is -0.336. The molecule has 0 bridgehead atoms. The number of carboxylic acid groups (broad SMARTS) is 1. The maximum atomic E-state index is 13.0. The molecule has 2 aromatic carbocycles. The highest BCUT2D eigenvalue weighted by Gasteiger charge is 2.56. The van der Waals surface area contributed by atoms with Crippen LogP contribution in [0.1, 0.15) is 30.1 Å². The monoisotopic (exact) mass is 491 g/mol. The van der Waals surface area contributed by atoms with E-state index in [-0.39, 0.29) is 29.9 Å². The number of likely N-dealkylation sites (tertiary alicyclic amines) is 1. The van der Waals surface area contributed by atoms with Gasteiger partial charge in [-0.2, -0.15) is 13.2 Å². The summed E-state index contributed by atoms with van der Waals surface area (Å²) in [5.41, 5.74) is 0.979. The van der Waals surface area contributed by atoms with Crippen molar-refractivity contribution in [1.29, 1.82) is 0 Å². The third-order valence-electron chi connectivity index (χ3n) is 5.87. The first-order valence-electron chi connectivity index (χ1n) is 10.6. The molecule has 1 aliphatic heterocycles. The number of hydrogen-bond acceptors (Lipinski definition) is 6. The zero-order valence-electron chi connectivity index (χ0n) is 18.3. The fraction of sp³-hybridized carbons (Fsp3) is 0.348. The van der Waals surface area contributed by atoms with E-state index in [1.54, 1.807) is 67.6 Å². The van der Waals surface area contributed by atoms with Crippen molar-refractivity contribution < 1.29 is 31.8 Å². The van der Waals surface area contributed by atoms with Gasteiger partial charge in [-0.25, -0.2) is 0 Å². The van der Waals surface area contributed by atoms with Crippen molar-refractivity contribution in [2.24, 2.45) is 0 Å². The smallest absolute Gasteiger partial charge is 0.435 e. The Morgan fingerprint density at radius 2 is 1.67 bits per heavy atom. The van der Waals surface area contributed by atoms with Crippen molar-refractivity contribution in [3.8, 4) is 0 Å². The number of para-hydroxylation sites is 1.